The molecule has 7 heteroatoms. The van der Waals surface area contributed by atoms with E-state index in [1.807, 2.05) is 29.4 Å². The molecule has 0 bridgehead atoms. The Morgan fingerprint density at radius 2 is 2.00 bits per heavy atom. The van der Waals surface area contributed by atoms with E-state index < -0.39 is 0 Å². The van der Waals surface area contributed by atoms with Crippen molar-refractivity contribution in [1.29, 1.82) is 0 Å². The van der Waals surface area contributed by atoms with Crippen molar-refractivity contribution in [2.24, 2.45) is 4.99 Å². The minimum atomic E-state index is 0.624. The molecule has 21 heavy (non-hydrogen) atoms. The van der Waals surface area contributed by atoms with Gasteiger partial charge in [0.15, 0.2) is 0 Å². The molecule has 0 spiro atoms. The maximum Gasteiger partial charge on any atom is 0.127 e. The van der Waals surface area contributed by atoms with Crippen LogP contribution in [-0.4, -0.2) is 54.4 Å². The predicted molar refractivity (Wildman–Crippen MR) is 84.9 cm³/mol. The fourth-order valence-electron chi connectivity index (χ4n) is 2.25. The Hall–Kier alpha value is -1.11. The molecule has 0 N–H and O–H groups in total. The Labute approximate surface area is 133 Å². The molecule has 2 aliphatic rings. The molecular formula is C14H16Cl2N4O. The van der Waals surface area contributed by atoms with Crippen molar-refractivity contribution >= 4 is 35.6 Å². The van der Waals surface area contributed by atoms with Gasteiger partial charge >= 0.3 is 0 Å². The summed E-state index contributed by atoms with van der Waals surface area (Å²) in [6, 6.07) is 5.46. The van der Waals surface area contributed by atoms with E-state index in [0.29, 0.717) is 16.7 Å². The van der Waals surface area contributed by atoms with Crippen LogP contribution in [0.25, 0.3) is 6.08 Å². The van der Waals surface area contributed by atoms with Gasteiger partial charge in [-0.05, 0) is 23.8 Å². The zero-order chi connectivity index (χ0) is 14.7. The Morgan fingerprint density at radius 1 is 1.19 bits per heavy atom. The number of halogens is 2. The molecule has 1 fully saturated rings. The monoisotopic (exact) mass is 326 g/mol. The van der Waals surface area contributed by atoms with Crippen LogP contribution >= 0.6 is 23.2 Å². The van der Waals surface area contributed by atoms with E-state index >= 15 is 0 Å². The largest absolute Gasteiger partial charge is 0.379 e. The van der Waals surface area contributed by atoms with Crippen LogP contribution < -0.4 is 0 Å². The van der Waals surface area contributed by atoms with E-state index in [1.165, 1.54) is 0 Å². The molecule has 0 unspecified atom stereocenters. The number of rotatable bonds is 3. The summed E-state index contributed by atoms with van der Waals surface area (Å²) in [6.45, 7) is 3.86. The molecule has 0 saturated carbocycles. The van der Waals surface area contributed by atoms with Crippen molar-refractivity contribution < 1.29 is 4.74 Å². The van der Waals surface area contributed by atoms with E-state index in [4.69, 9.17) is 27.9 Å². The highest BCUT2D eigenvalue weighted by molar-refractivity contribution is 6.35. The van der Waals surface area contributed by atoms with E-state index in [0.717, 1.165) is 31.9 Å². The zero-order valence-corrected chi connectivity index (χ0v) is 13.0. The highest BCUT2D eigenvalue weighted by Gasteiger charge is 2.24. The SMILES string of the molecule is Clc1ccc(C=CN2C=NCN2N2CCOCC2)c(Cl)c1. The summed E-state index contributed by atoms with van der Waals surface area (Å²) in [5.74, 6) is 0. The third kappa shape index (κ3) is 3.56. The van der Waals surface area contributed by atoms with E-state index in [-0.39, 0.29) is 0 Å². The number of nitrogens with zero attached hydrogens (tertiary/aromatic N) is 4. The van der Waals surface area contributed by atoms with Gasteiger partial charge in [-0.2, -0.15) is 0 Å². The van der Waals surface area contributed by atoms with Gasteiger partial charge < -0.3 is 4.74 Å². The summed E-state index contributed by atoms with van der Waals surface area (Å²) in [6.07, 6.45) is 5.69. The third-order valence-corrected chi connectivity index (χ3v) is 3.92. The summed E-state index contributed by atoms with van der Waals surface area (Å²) < 4.78 is 5.38. The Morgan fingerprint density at radius 3 is 2.76 bits per heavy atom. The highest BCUT2D eigenvalue weighted by atomic mass is 35.5. The molecule has 1 aromatic rings. The second-order valence-corrected chi connectivity index (χ2v) is 5.58. The lowest BCUT2D eigenvalue weighted by Gasteiger charge is -2.37. The zero-order valence-electron chi connectivity index (χ0n) is 11.5. The molecule has 1 saturated heterocycles. The van der Waals surface area contributed by atoms with Crippen LogP contribution in [0.5, 0.6) is 0 Å². The third-order valence-electron chi connectivity index (χ3n) is 3.36. The minimum Gasteiger partial charge on any atom is -0.379 e. The second kappa shape index (κ2) is 6.77. The lowest BCUT2D eigenvalue weighted by atomic mass is 10.2. The Kier molecular flexibility index (Phi) is 4.77. The fraction of sp³-hybridized carbons (Fsp3) is 0.357. The summed E-state index contributed by atoms with van der Waals surface area (Å²) in [4.78, 5) is 4.31. The van der Waals surface area contributed by atoms with Gasteiger partial charge in [0.2, 0.25) is 0 Å². The molecular weight excluding hydrogens is 311 g/mol. The van der Waals surface area contributed by atoms with Gasteiger partial charge in [0.25, 0.3) is 0 Å². The van der Waals surface area contributed by atoms with Gasteiger partial charge in [0.1, 0.15) is 13.0 Å². The average molecular weight is 327 g/mol. The second-order valence-electron chi connectivity index (χ2n) is 4.74. The van der Waals surface area contributed by atoms with Gasteiger partial charge in [0.05, 0.1) is 13.2 Å². The van der Waals surface area contributed by atoms with Crippen LogP contribution in [0.1, 0.15) is 5.56 Å². The first-order valence-corrected chi connectivity index (χ1v) is 7.51. The van der Waals surface area contributed by atoms with Crippen molar-refractivity contribution in [3.63, 3.8) is 0 Å². The summed E-state index contributed by atoms with van der Waals surface area (Å²) in [5, 5.41) is 7.53. The summed E-state index contributed by atoms with van der Waals surface area (Å²) in [5.41, 5.74) is 0.920. The minimum absolute atomic E-state index is 0.624. The molecule has 2 aliphatic heterocycles. The van der Waals surface area contributed by atoms with Crippen molar-refractivity contribution in [2.75, 3.05) is 33.0 Å². The summed E-state index contributed by atoms with van der Waals surface area (Å²) in [7, 11) is 0. The van der Waals surface area contributed by atoms with Crippen molar-refractivity contribution in [2.45, 2.75) is 0 Å². The van der Waals surface area contributed by atoms with Gasteiger partial charge in [-0.1, -0.05) is 29.3 Å². The number of morpholine rings is 1. The quantitative estimate of drug-likeness (QED) is 0.854. The van der Waals surface area contributed by atoms with Crippen LogP contribution in [-0.2, 0) is 4.74 Å². The van der Waals surface area contributed by atoms with Gasteiger partial charge in [-0.15, -0.1) is 5.12 Å². The molecule has 2 heterocycles. The first kappa shape index (κ1) is 14.8. The van der Waals surface area contributed by atoms with Gasteiger partial charge in [-0.3, -0.25) is 10.0 Å². The maximum absolute atomic E-state index is 6.17. The maximum atomic E-state index is 6.17. The van der Waals surface area contributed by atoms with Crippen molar-refractivity contribution in [3.05, 3.63) is 40.0 Å². The first-order chi connectivity index (χ1) is 10.2. The van der Waals surface area contributed by atoms with E-state index in [1.54, 1.807) is 12.4 Å². The van der Waals surface area contributed by atoms with Crippen LogP contribution in [0.2, 0.25) is 10.0 Å². The number of ether oxygens (including phenoxy) is 1. The number of benzene rings is 1. The van der Waals surface area contributed by atoms with E-state index in [2.05, 4.69) is 15.1 Å². The predicted octanol–water partition coefficient (Wildman–Crippen LogP) is 2.73. The topological polar surface area (TPSA) is 31.3 Å². The van der Waals surface area contributed by atoms with Crippen LogP contribution in [0.4, 0.5) is 0 Å². The standard InChI is InChI=1S/C14H16Cl2N4O/c15-13-2-1-12(14(16)9-13)3-4-19-10-17-11-20(19)18-5-7-21-8-6-18/h1-4,9-10H,5-8,11H2. The molecule has 112 valence electrons. The van der Waals surface area contributed by atoms with Gasteiger partial charge in [-0.25, -0.2) is 5.01 Å². The molecule has 0 aliphatic carbocycles. The lowest BCUT2D eigenvalue weighted by molar-refractivity contribution is -0.149. The molecule has 0 atom stereocenters. The molecule has 1 aromatic carbocycles. The van der Waals surface area contributed by atoms with Crippen LogP contribution in [0, 0.1) is 0 Å². The van der Waals surface area contributed by atoms with Crippen LogP contribution in [0.15, 0.2) is 29.4 Å². The molecule has 5 nitrogen and oxygen atoms in total. The Balaban J connectivity index is 1.70. The Bertz CT molecular complexity index is 558. The highest BCUT2D eigenvalue weighted by Crippen LogP contribution is 2.22. The van der Waals surface area contributed by atoms with E-state index in [9.17, 15) is 0 Å². The number of hydrogen-bond donors (Lipinski definition) is 0. The average Bonchev–Trinajstić information content (AvgIpc) is 2.96. The smallest absolute Gasteiger partial charge is 0.127 e. The first-order valence-electron chi connectivity index (χ1n) is 6.75. The molecule has 0 aromatic heterocycles. The molecule has 0 radical (unpaired) electrons. The normalized spacial score (nSPS) is 20.8. The van der Waals surface area contributed by atoms with Crippen molar-refractivity contribution in [1.82, 2.24) is 15.1 Å². The summed E-state index contributed by atoms with van der Waals surface area (Å²) >= 11 is 12.1. The molecule has 3 rings (SSSR count). The van der Waals surface area contributed by atoms with Crippen molar-refractivity contribution in [3.8, 4) is 0 Å². The fourth-order valence-corrected chi connectivity index (χ4v) is 2.73. The van der Waals surface area contributed by atoms with Gasteiger partial charge in [0, 0.05) is 29.3 Å². The number of hydrogen-bond acceptors (Lipinski definition) is 5. The van der Waals surface area contributed by atoms with Crippen LogP contribution in [0.3, 0.4) is 0 Å². The lowest BCUT2D eigenvalue weighted by Crippen LogP contribution is -2.52. The number of hydrazine groups is 2. The molecule has 0 amide bonds. The number of aliphatic imine (C=N–C) groups is 1.